The molecule has 1 N–H and O–H groups in total. The summed E-state index contributed by atoms with van der Waals surface area (Å²) in [6, 6.07) is 7.82. The van der Waals surface area contributed by atoms with Crippen LogP contribution in [0.4, 0.5) is 0 Å². The molecule has 0 aliphatic carbocycles. The molecular formula is C19H24N2O4. The number of ether oxygens (including phenoxy) is 1. The zero-order valence-electron chi connectivity index (χ0n) is 14.7. The van der Waals surface area contributed by atoms with Crippen LogP contribution in [0.1, 0.15) is 30.1 Å². The number of rotatable bonds is 5. The number of carboxylic acids is 1. The molecule has 2 heterocycles. The zero-order chi connectivity index (χ0) is 18.0. The summed E-state index contributed by atoms with van der Waals surface area (Å²) in [6.07, 6.45) is 3.06. The lowest BCUT2D eigenvalue weighted by molar-refractivity contribution is -0.155. The van der Waals surface area contributed by atoms with E-state index < -0.39 is 11.4 Å². The van der Waals surface area contributed by atoms with Gasteiger partial charge in [0.05, 0.1) is 12.2 Å². The van der Waals surface area contributed by atoms with Gasteiger partial charge in [-0.2, -0.15) is 0 Å². The van der Waals surface area contributed by atoms with Gasteiger partial charge in [-0.05, 0) is 25.8 Å². The fourth-order valence-corrected chi connectivity index (χ4v) is 3.78. The van der Waals surface area contributed by atoms with Crippen molar-refractivity contribution in [2.24, 2.45) is 5.41 Å². The molecule has 1 saturated heterocycles. The summed E-state index contributed by atoms with van der Waals surface area (Å²) in [6.45, 7) is 3.68. The first-order valence-electron chi connectivity index (χ1n) is 8.62. The quantitative estimate of drug-likeness (QED) is 0.905. The Kier molecular flexibility index (Phi) is 4.81. The molecule has 1 aromatic heterocycles. The lowest BCUT2D eigenvalue weighted by atomic mass is 9.80. The topological polar surface area (TPSA) is 71.8 Å². The highest BCUT2D eigenvalue weighted by Crippen LogP contribution is 2.32. The van der Waals surface area contributed by atoms with Crippen molar-refractivity contribution in [3.05, 3.63) is 36.0 Å². The number of benzene rings is 1. The highest BCUT2D eigenvalue weighted by molar-refractivity contribution is 6.07. The number of carbonyl (C=O) groups excluding carboxylic acids is 1. The Morgan fingerprint density at radius 3 is 2.76 bits per heavy atom. The number of piperidine rings is 1. The maximum absolute atomic E-state index is 13.1. The Morgan fingerprint density at radius 2 is 2.08 bits per heavy atom. The summed E-state index contributed by atoms with van der Waals surface area (Å²) in [5, 5.41) is 10.6. The van der Waals surface area contributed by atoms with Gasteiger partial charge in [0.2, 0.25) is 0 Å². The van der Waals surface area contributed by atoms with Crippen molar-refractivity contribution < 1.29 is 19.4 Å². The van der Waals surface area contributed by atoms with E-state index in [1.165, 1.54) is 7.11 Å². The fraction of sp³-hybridized carbons (Fsp3) is 0.474. The monoisotopic (exact) mass is 344 g/mol. The van der Waals surface area contributed by atoms with Crippen LogP contribution in [0, 0.1) is 5.41 Å². The van der Waals surface area contributed by atoms with Crippen molar-refractivity contribution in [1.82, 2.24) is 9.47 Å². The van der Waals surface area contributed by atoms with Crippen LogP contribution in [-0.4, -0.2) is 53.3 Å². The van der Waals surface area contributed by atoms with Crippen LogP contribution >= 0.6 is 0 Å². The molecule has 0 saturated carbocycles. The second-order valence-electron chi connectivity index (χ2n) is 6.69. The van der Waals surface area contributed by atoms with Gasteiger partial charge in [0.1, 0.15) is 5.41 Å². The minimum atomic E-state index is -1.02. The van der Waals surface area contributed by atoms with Crippen molar-refractivity contribution in [2.75, 3.05) is 26.8 Å². The van der Waals surface area contributed by atoms with Gasteiger partial charge in [0, 0.05) is 43.8 Å². The molecule has 1 amide bonds. The molecule has 1 aliphatic heterocycles. The van der Waals surface area contributed by atoms with Crippen molar-refractivity contribution in [2.45, 2.75) is 26.3 Å². The molecule has 1 fully saturated rings. The van der Waals surface area contributed by atoms with E-state index in [4.69, 9.17) is 4.74 Å². The average molecular weight is 344 g/mol. The second kappa shape index (κ2) is 6.88. The van der Waals surface area contributed by atoms with Gasteiger partial charge in [-0.1, -0.05) is 18.2 Å². The molecular weight excluding hydrogens is 320 g/mol. The smallest absolute Gasteiger partial charge is 0.313 e. The van der Waals surface area contributed by atoms with E-state index in [1.54, 1.807) is 4.90 Å². The summed E-state index contributed by atoms with van der Waals surface area (Å²) >= 11 is 0. The van der Waals surface area contributed by atoms with E-state index in [-0.39, 0.29) is 19.1 Å². The Labute approximate surface area is 147 Å². The summed E-state index contributed by atoms with van der Waals surface area (Å²) in [5.74, 6) is -1.01. The van der Waals surface area contributed by atoms with Crippen LogP contribution in [0.2, 0.25) is 0 Å². The normalized spacial score (nSPS) is 20.8. The Bertz CT molecular complexity index is 794. The van der Waals surface area contributed by atoms with Crippen molar-refractivity contribution >= 4 is 22.8 Å². The molecule has 0 radical (unpaired) electrons. The van der Waals surface area contributed by atoms with Gasteiger partial charge in [0.25, 0.3) is 5.91 Å². The van der Waals surface area contributed by atoms with E-state index in [0.29, 0.717) is 24.9 Å². The third-order valence-electron chi connectivity index (χ3n) is 5.10. The first-order valence-corrected chi connectivity index (χ1v) is 8.62. The predicted octanol–water partition coefficient (Wildman–Crippen LogP) is 2.61. The average Bonchev–Trinajstić information content (AvgIpc) is 3.00. The molecule has 1 aromatic carbocycles. The number of fused-ring (bicyclic) bond motifs is 1. The number of aliphatic carboxylic acids is 1. The van der Waals surface area contributed by atoms with Crippen LogP contribution in [0.25, 0.3) is 10.9 Å². The fourth-order valence-electron chi connectivity index (χ4n) is 3.78. The van der Waals surface area contributed by atoms with Crippen LogP contribution in [-0.2, 0) is 16.1 Å². The standard InChI is InChI=1S/C19H24N2O4/c1-3-20-11-15(14-7-4-5-8-16(14)20)17(22)21-10-6-9-19(12-21,13-25-2)18(23)24/h4-5,7-8,11H,3,6,9-10,12-13H2,1-2H3,(H,23,24). The number of hydrogen-bond acceptors (Lipinski definition) is 3. The SMILES string of the molecule is CCn1cc(C(=O)N2CCCC(COC)(C(=O)O)C2)c2ccccc21. The lowest BCUT2D eigenvalue weighted by Crippen LogP contribution is -2.52. The van der Waals surface area contributed by atoms with E-state index in [0.717, 1.165) is 17.4 Å². The number of para-hydroxylation sites is 1. The number of aryl methyl sites for hydroxylation is 1. The molecule has 25 heavy (non-hydrogen) atoms. The number of nitrogens with zero attached hydrogens (tertiary/aromatic N) is 2. The van der Waals surface area contributed by atoms with Gasteiger partial charge in [-0.25, -0.2) is 0 Å². The highest BCUT2D eigenvalue weighted by atomic mass is 16.5. The minimum Gasteiger partial charge on any atom is -0.481 e. The number of methoxy groups -OCH3 is 1. The van der Waals surface area contributed by atoms with Gasteiger partial charge >= 0.3 is 5.97 Å². The molecule has 6 nitrogen and oxygen atoms in total. The Hall–Kier alpha value is -2.34. The van der Waals surface area contributed by atoms with Gasteiger partial charge in [-0.15, -0.1) is 0 Å². The first-order chi connectivity index (χ1) is 12.0. The van der Waals surface area contributed by atoms with Crippen molar-refractivity contribution in [3.8, 4) is 0 Å². The number of likely N-dealkylation sites (tertiary alicyclic amines) is 1. The molecule has 0 spiro atoms. The van der Waals surface area contributed by atoms with Gasteiger partial charge in [-0.3, -0.25) is 9.59 Å². The molecule has 2 aromatic rings. The van der Waals surface area contributed by atoms with E-state index >= 15 is 0 Å². The highest BCUT2D eigenvalue weighted by Gasteiger charge is 2.44. The Morgan fingerprint density at radius 1 is 1.32 bits per heavy atom. The number of aromatic nitrogens is 1. The maximum atomic E-state index is 13.1. The van der Waals surface area contributed by atoms with E-state index in [9.17, 15) is 14.7 Å². The molecule has 1 aliphatic rings. The minimum absolute atomic E-state index is 0.107. The number of amides is 1. The summed E-state index contributed by atoms with van der Waals surface area (Å²) in [5.41, 5.74) is 0.633. The molecule has 1 atom stereocenters. The molecule has 6 heteroatoms. The lowest BCUT2D eigenvalue weighted by Gasteiger charge is -2.39. The summed E-state index contributed by atoms with van der Waals surface area (Å²) < 4.78 is 7.20. The number of carbonyl (C=O) groups is 2. The summed E-state index contributed by atoms with van der Waals surface area (Å²) in [7, 11) is 1.50. The first kappa shape index (κ1) is 17.5. The molecule has 3 rings (SSSR count). The summed E-state index contributed by atoms with van der Waals surface area (Å²) in [4.78, 5) is 26.6. The molecule has 0 bridgehead atoms. The predicted molar refractivity (Wildman–Crippen MR) is 94.7 cm³/mol. The third-order valence-corrected chi connectivity index (χ3v) is 5.10. The van der Waals surface area contributed by atoms with Gasteiger partial charge < -0.3 is 19.3 Å². The van der Waals surface area contributed by atoms with Gasteiger partial charge in [0.15, 0.2) is 0 Å². The molecule has 1 unspecified atom stereocenters. The van der Waals surface area contributed by atoms with Crippen molar-refractivity contribution in [1.29, 1.82) is 0 Å². The van der Waals surface area contributed by atoms with Crippen molar-refractivity contribution in [3.63, 3.8) is 0 Å². The number of hydrogen-bond donors (Lipinski definition) is 1. The second-order valence-corrected chi connectivity index (χ2v) is 6.69. The van der Waals surface area contributed by atoms with Crippen LogP contribution < -0.4 is 0 Å². The number of carboxylic acid groups (broad SMARTS) is 1. The third kappa shape index (κ3) is 3.02. The van der Waals surface area contributed by atoms with Crippen LogP contribution in [0.3, 0.4) is 0 Å². The largest absolute Gasteiger partial charge is 0.481 e. The van der Waals surface area contributed by atoms with Crippen LogP contribution in [0.15, 0.2) is 30.5 Å². The van der Waals surface area contributed by atoms with Crippen LogP contribution in [0.5, 0.6) is 0 Å². The Balaban J connectivity index is 1.94. The maximum Gasteiger partial charge on any atom is 0.313 e. The zero-order valence-corrected chi connectivity index (χ0v) is 14.7. The molecule has 134 valence electrons. The van der Waals surface area contributed by atoms with E-state index in [2.05, 4.69) is 0 Å². The van der Waals surface area contributed by atoms with E-state index in [1.807, 2.05) is 42.0 Å².